The van der Waals surface area contributed by atoms with Gasteiger partial charge in [0.2, 0.25) is 5.91 Å². The fourth-order valence-electron chi connectivity index (χ4n) is 2.12. The van der Waals surface area contributed by atoms with Gasteiger partial charge in [0, 0.05) is 11.9 Å². The van der Waals surface area contributed by atoms with Gasteiger partial charge >= 0.3 is 0 Å². The van der Waals surface area contributed by atoms with Gasteiger partial charge < -0.3 is 10.2 Å². The fraction of sp³-hybridized carbons (Fsp3) is 0.176. The third-order valence-corrected chi connectivity index (χ3v) is 4.40. The summed E-state index contributed by atoms with van der Waals surface area (Å²) >= 11 is 7.38. The molecular weight excluding hydrogens is 351 g/mol. The van der Waals surface area contributed by atoms with Gasteiger partial charge in [-0.25, -0.2) is 4.39 Å². The average Bonchev–Trinajstić information content (AvgIpc) is 2.54. The number of rotatable bonds is 5. The van der Waals surface area contributed by atoms with E-state index in [9.17, 15) is 14.0 Å². The maximum Gasteiger partial charge on any atom is 0.258 e. The summed E-state index contributed by atoms with van der Waals surface area (Å²) in [6.45, 7) is -0.216. The lowest BCUT2D eigenvalue weighted by Crippen LogP contribution is -2.35. The molecule has 0 saturated heterocycles. The van der Waals surface area contributed by atoms with E-state index in [1.54, 1.807) is 6.07 Å². The second kappa shape index (κ2) is 8.17. The monoisotopic (exact) mass is 366 g/mol. The van der Waals surface area contributed by atoms with Crippen LogP contribution in [-0.2, 0) is 4.79 Å². The van der Waals surface area contributed by atoms with Crippen LogP contribution in [0.15, 0.2) is 47.4 Å². The second-order valence-corrected chi connectivity index (χ2v) is 6.26. The summed E-state index contributed by atoms with van der Waals surface area (Å²) in [4.78, 5) is 26.5. The van der Waals surface area contributed by atoms with E-state index in [2.05, 4.69) is 5.32 Å². The number of anilines is 1. The van der Waals surface area contributed by atoms with Crippen molar-refractivity contribution in [2.45, 2.75) is 4.90 Å². The number of thioether (sulfide) groups is 1. The number of carbonyl (C=O) groups is 2. The van der Waals surface area contributed by atoms with Crippen LogP contribution >= 0.6 is 23.4 Å². The topological polar surface area (TPSA) is 49.4 Å². The molecule has 0 atom stereocenters. The summed E-state index contributed by atoms with van der Waals surface area (Å²) in [7, 11) is 1.42. The van der Waals surface area contributed by atoms with Crippen molar-refractivity contribution in [1.82, 2.24) is 4.90 Å². The Kier molecular flexibility index (Phi) is 6.23. The lowest BCUT2D eigenvalue weighted by molar-refractivity contribution is -0.116. The summed E-state index contributed by atoms with van der Waals surface area (Å²) in [5.74, 6) is -1.74. The molecular formula is C17H16ClFN2O2S. The van der Waals surface area contributed by atoms with Crippen LogP contribution in [0, 0.1) is 5.82 Å². The Morgan fingerprint density at radius 2 is 1.92 bits per heavy atom. The first-order valence-electron chi connectivity index (χ1n) is 7.06. The predicted octanol–water partition coefficient (Wildman–Crippen LogP) is 3.91. The minimum absolute atomic E-state index is 0.0139. The highest BCUT2D eigenvalue weighted by Gasteiger charge is 2.21. The Bertz CT molecular complexity index is 750. The molecule has 0 heterocycles. The summed E-state index contributed by atoms with van der Waals surface area (Å²) in [5, 5.41) is 2.76. The van der Waals surface area contributed by atoms with Crippen molar-refractivity contribution in [1.29, 1.82) is 0 Å². The van der Waals surface area contributed by atoms with E-state index in [-0.39, 0.29) is 23.0 Å². The largest absolute Gasteiger partial charge is 0.332 e. The van der Waals surface area contributed by atoms with E-state index in [1.165, 1.54) is 30.9 Å². The van der Waals surface area contributed by atoms with Crippen LogP contribution in [0.5, 0.6) is 0 Å². The molecule has 0 bridgehead atoms. The van der Waals surface area contributed by atoms with Crippen LogP contribution in [0.25, 0.3) is 0 Å². The molecule has 126 valence electrons. The average molecular weight is 367 g/mol. The van der Waals surface area contributed by atoms with Crippen LogP contribution in [0.2, 0.25) is 5.02 Å². The van der Waals surface area contributed by atoms with E-state index in [4.69, 9.17) is 11.6 Å². The number of hydrogen-bond donors (Lipinski definition) is 1. The van der Waals surface area contributed by atoms with Crippen LogP contribution in [0.1, 0.15) is 10.4 Å². The highest BCUT2D eigenvalue weighted by molar-refractivity contribution is 7.98. The Hall–Kier alpha value is -2.05. The number of halogens is 2. The predicted molar refractivity (Wildman–Crippen MR) is 95.2 cm³/mol. The fourth-order valence-corrected chi connectivity index (χ4v) is 2.92. The number of para-hydroxylation sites is 1. The molecule has 0 aliphatic rings. The molecule has 0 aliphatic heterocycles. The summed E-state index contributed by atoms with van der Waals surface area (Å²) in [6, 6.07) is 11.3. The maximum atomic E-state index is 13.8. The Balaban J connectivity index is 2.07. The lowest BCUT2D eigenvalue weighted by atomic mass is 10.2. The zero-order chi connectivity index (χ0) is 17.7. The van der Waals surface area contributed by atoms with E-state index in [0.717, 1.165) is 15.9 Å². The molecule has 0 aliphatic carbocycles. The van der Waals surface area contributed by atoms with Gasteiger partial charge in [-0.3, -0.25) is 9.59 Å². The molecule has 4 nitrogen and oxygen atoms in total. The van der Waals surface area contributed by atoms with Gasteiger partial charge in [-0.1, -0.05) is 29.8 Å². The SMILES string of the molecule is CSc1ccccc1NC(=O)CN(C)C(=O)c1c(F)cccc1Cl. The Labute approximate surface area is 149 Å². The van der Waals surface area contributed by atoms with Crippen molar-refractivity contribution in [3.05, 3.63) is 58.9 Å². The van der Waals surface area contributed by atoms with E-state index in [1.807, 2.05) is 24.5 Å². The smallest absolute Gasteiger partial charge is 0.258 e. The molecule has 2 aromatic rings. The highest BCUT2D eigenvalue weighted by Crippen LogP contribution is 2.24. The molecule has 1 N–H and O–H groups in total. The maximum absolute atomic E-state index is 13.8. The number of carbonyl (C=O) groups excluding carboxylic acids is 2. The molecule has 24 heavy (non-hydrogen) atoms. The molecule has 0 radical (unpaired) electrons. The first-order chi connectivity index (χ1) is 11.4. The van der Waals surface area contributed by atoms with Crippen LogP contribution in [0.4, 0.5) is 10.1 Å². The van der Waals surface area contributed by atoms with Crippen LogP contribution in [0.3, 0.4) is 0 Å². The lowest BCUT2D eigenvalue weighted by Gasteiger charge is -2.18. The minimum atomic E-state index is -0.715. The van der Waals surface area contributed by atoms with Gasteiger partial charge in [-0.15, -0.1) is 11.8 Å². The van der Waals surface area contributed by atoms with Crippen molar-refractivity contribution in [3.63, 3.8) is 0 Å². The van der Waals surface area contributed by atoms with E-state index in [0.29, 0.717) is 5.69 Å². The van der Waals surface area contributed by atoms with Gasteiger partial charge in [0.05, 0.1) is 22.8 Å². The highest BCUT2D eigenvalue weighted by atomic mass is 35.5. The quantitative estimate of drug-likeness (QED) is 0.816. The summed E-state index contributed by atoms with van der Waals surface area (Å²) in [6.07, 6.45) is 1.90. The number of hydrogen-bond acceptors (Lipinski definition) is 3. The van der Waals surface area contributed by atoms with Crippen molar-refractivity contribution in [2.75, 3.05) is 25.2 Å². The number of amides is 2. The van der Waals surface area contributed by atoms with Gasteiger partial charge in [0.1, 0.15) is 5.82 Å². The molecule has 0 unspecified atom stereocenters. The van der Waals surface area contributed by atoms with Gasteiger partial charge in [-0.2, -0.15) is 0 Å². The first kappa shape index (κ1) is 18.3. The Morgan fingerprint density at radius 1 is 1.21 bits per heavy atom. The normalized spacial score (nSPS) is 10.3. The van der Waals surface area contributed by atoms with Crippen LogP contribution in [-0.4, -0.2) is 36.6 Å². The van der Waals surface area contributed by atoms with Gasteiger partial charge in [0.25, 0.3) is 5.91 Å². The second-order valence-electron chi connectivity index (χ2n) is 5.01. The first-order valence-corrected chi connectivity index (χ1v) is 8.66. The molecule has 0 aromatic heterocycles. The van der Waals surface area contributed by atoms with Gasteiger partial charge in [0.15, 0.2) is 0 Å². The number of likely N-dealkylation sites (N-methyl/N-ethyl adjacent to an activating group) is 1. The molecule has 2 amide bonds. The molecule has 2 aromatic carbocycles. The zero-order valence-electron chi connectivity index (χ0n) is 13.2. The minimum Gasteiger partial charge on any atom is -0.332 e. The Morgan fingerprint density at radius 3 is 2.58 bits per heavy atom. The summed E-state index contributed by atoms with van der Waals surface area (Å²) in [5.41, 5.74) is 0.429. The number of benzene rings is 2. The van der Waals surface area contributed by atoms with Crippen molar-refractivity contribution < 1.29 is 14.0 Å². The number of nitrogens with zero attached hydrogens (tertiary/aromatic N) is 1. The third-order valence-electron chi connectivity index (χ3n) is 3.29. The molecule has 7 heteroatoms. The van der Waals surface area contributed by atoms with Gasteiger partial charge in [-0.05, 0) is 30.5 Å². The van der Waals surface area contributed by atoms with Crippen LogP contribution < -0.4 is 5.32 Å². The molecule has 0 spiro atoms. The molecule has 2 rings (SSSR count). The van der Waals surface area contributed by atoms with E-state index < -0.39 is 11.7 Å². The molecule has 0 saturated carbocycles. The molecule has 0 fully saturated rings. The summed E-state index contributed by atoms with van der Waals surface area (Å²) < 4.78 is 13.8. The third kappa shape index (κ3) is 4.27. The standard InChI is InChI=1S/C17H16ClFN2O2S/c1-21(17(23)16-11(18)6-5-7-12(16)19)10-15(22)20-13-8-3-4-9-14(13)24-2/h3-9H,10H2,1-2H3,(H,20,22). The zero-order valence-corrected chi connectivity index (χ0v) is 14.7. The van der Waals surface area contributed by atoms with Crippen molar-refractivity contribution in [3.8, 4) is 0 Å². The van der Waals surface area contributed by atoms with Crippen molar-refractivity contribution in [2.24, 2.45) is 0 Å². The van der Waals surface area contributed by atoms with E-state index >= 15 is 0 Å². The van der Waals surface area contributed by atoms with Crippen molar-refractivity contribution >= 4 is 40.9 Å². The number of nitrogens with one attached hydrogen (secondary N) is 1.